The van der Waals surface area contributed by atoms with E-state index in [9.17, 15) is 35.7 Å². The molecule has 2 aliphatic rings. The minimum Gasteiger partial charge on any atom is -0.504 e. The Morgan fingerprint density at radius 1 is 0.921 bits per heavy atom. The summed E-state index contributed by atoms with van der Waals surface area (Å²) in [5, 5.41) is 71.5. The first kappa shape index (κ1) is 28.3. The van der Waals surface area contributed by atoms with Crippen LogP contribution in [-0.4, -0.2) is 106 Å². The summed E-state index contributed by atoms with van der Waals surface area (Å²) in [6, 6.07) is 9.43. The number of aliphatic hydroxyl groups is 6. The molecular weight excluding hydrogens is 504 g/mol. The quantitative estimate of drug-likeness (QED) is 0.212. The zero-order valence-corrected chi connectivity index (χ0v) is 21.0. The molecule has 8 unspecified atom stereocenters. The van der Waals surface area contributed by atoms with E-state index in [4.69, 9.17) is 23.7 Å². The Morgan fingerprint density at radius 2 is 1.66 bits per heavy atom. The molecule has 12 heteroatoms. The zero-order chi connectivity index (χ0) is 27.6. The van der Waals surface area contributed by atoms with E-state index in [0.717, 1.165) is 0 Å². The van der Waals surface area contributed by atoms with E-state index in [1.165, 1.54) is 26.4 Å². The van der Waals surface area contributed by atoms with Crippen molar-refractivity contribution in [1.82, 2.24) is 0 Å². The largest absolute Gasteiger partial charge is 0.504 e. The van der Waals surface area contributed by atoms with Gasteiger partial charge >= 0.3 is 0 Å². The molecule has 0 aromatic heterocycles. The van der Waals surface area contributed by atoms with Crippen LogP contribution < -0.4 is 14.2 Å². The molecule has 2 saturated heterocycles. The van der Waals surface area contributed by atoms with E-state index < -0.39 is 54.9 Å². The maximum atomic E-state index is 11.6. The molecule has 7 N–H and O–H groups in total. The van der Waals surface area contributed by atoms with Crippen LogP contribution >= 0.6 is 0 Å². The Morgan fingerprint density at radius 3 is 2.32 bits per heavy atom. The molecule has 12 nitrogen and oxygen atoms in total. The van der Waals surface area contributed by atoms with Crippen molar-refractivity contribution in [3.8, 4) is 23.0 Å². The topological polar surface area (TPSA) is 188 Å². The maximum Gasteiger partial charge on any atom is 0.229 e. The number of hydrogen-bond acceptors (Lipinski definition) is 12. The summed E-state index contributed by atoms with van der Waals surface area (Å²) in [6.45, 7) is -1.08. The predicted octanol–water partition coefficient (Wildman–Crippen LogP) is -0.758. The second kappa shape index (κ2) is 11.6. The number of ether oxygens (including phenoxy) is 5. The van der Waals surface area contributed by atoms with Gasteiger partial charge in [-0.1, -0.05) is 6.07 Å². The molecule has 0 saturated carbocycles. The Bertz CT molecular complexity index is 1090. The number of aliphatic hydroxyl groups excluding tert-OH is 5. The molecule has 210 valence electrons. The molecule has 0 bridgehead atoms. The standard InChI is InChI=1S/C26H34O12/c1-34-15-5-13(6-16(8-15)37-25-23(32)22(31)21(30)20(11-28)38-25)9-26(33)12-36-24(17(26)10-27)14-3-4-18(29)19(7-14)35-2/h3-8,17,20-25,27-33H,9-12H2,1-2H3. The predicted molar refractivity (Wildman–Crippen MR) is 130 cm³/mol. The third-order valence-corrected chi connectivity index (χ3v) is 7.08. The summed E-state index contributed by atoms with van der Waals surface area (Å²) >= 11 is 0. The van der Waals surface area contributed by atoms with Crippen molar-refractivity contribution in [3.63, 3.8) is 0 Å². The van der Waals surface area contributed by atoms with Gasteiger partial charge in [-0.15, -0.1) is 0 Å². The molecule has 4 rings (SSSR count). The van der Waals surface area contributed by atoms with Gasteiger partial charge < -0.3 is 59.4 Å². The van der Waals surface area contributed by atoms with E-state index >= 15 is 0 Å². The van der Waals surface area contributed by atoms with Crippen LogP contribution in [0.5, 0.6) is 23.0 Å². The molecular formula is C26H34O12. The Balaban J connectivity index is 1.56. The van der Waals surface area contributed by atoms with Crippen LogP contribution in [-0.2, 0) is 15.9 Å². The third kappa shape index (κ3) is 5.53. The van der Waals surface area contributed by atoms with Crippen molar-refractivity contribution in [1.29, 1.82) is 0 Å². The number of aromatic hydroxyl groups is 1. The van der Waals surface area contributed by atoms with Crippen LogP contribution in [0, 0.1) is 5.92 Å². The molecule has 2 heterocycles. The van der Waals surface area contributed by atoms with Crippen molar-refractivity contribution in [3.05, 3.63) is 47.5 Å². The van der Waals surface area contributed by atoms with Crippen molar-refractivity contribution in [2.75, 3.05) is 34.0 Å². The van der Waals surface area contributed by atoms with Gasteiger partial charge in [0, 0.05) is 18.4 Å². The lowest BCUT2D eigenvalue weighted by Gasteiger charge is -2.39. The lowest BCUT2D eigenvalue weighted by molar-refractivity contribution is -0.277. The highest BCUT2D eigenvalue weighted by Crippen LogP contribution is 2.44. The SMILES string of the molecule is COc1cc(CC2(O)COC(c3ccc(O)c(OC)c3)C2CO)cc(OC2OC(CO)C(O)C(O)C2O)c1. The van der Waals surface area contributed by atoms with Gasteiger partial charge in [0.05, 0.1) is 45.7 Å². The van der Waals surface area contributed by atoms with Crippen molar-refractivity contribution >= 4 is 0 Å². The minimum absolute atomic E-state index is 0.0339. The summed E-state index contributed by atoms with van der Waals surface area (Å²) in [4.78, 5) is 0. The second-order valence-electron chi connectivity index (χ2n) is 9.56. The second-order valence-corrected chi connectivity index (χ2v) is 9.56. The summed E-state index contributed by atoms with van der Waals surface area (Å²) in [6.07, 6.45) is -7.90. The fourth-order valence-electron chi connectivity index (χ4n) is 4.96. The smallest absolute Gasteiger partial charge is 0.229 e. The molecule has 0 radical (unpaired) electrons. The maximum absolute atomic E-state index is 11.6. The summed E-state index contributed by atoms with van der Waals surface area (Å²) in [5.74, 6) is 0.00341. The summed E-state index contributed by atoms with van der Waals surface area (Å²) in [5.41, 5.74) is -0.318. The van der Waals surface area contributed by atoms with Crippen LogP contribution in [0.1, 0.15) is 17.2 Å². The van der Waals surface area contributed by atoms with Crippen LogP contribution in [0.25, 0.3) is 0 Å². The first-order chi connectivity index (χ1) is 18.1. The van der Waals surface area contributed by atoms with Crippen LogP contribution in [0.2, 0.25) is 0 Å². The van der Waals surface area contributed by atoms with Crippen LogP contribution in [0.4, 0.5) is 0 Å². The minimum atomic E-state index is -1.60. The average Bonchev–Trinajstić information content (AvgIpc) is 3.24. The number of phenolic OH excluding ortho intramolecular Hbond substituents is 1. The van der Waals surface area contributed by atoms with Gasteiger partial charge in [-0.2, -0.15) is 0 Å². The van der Waals surface area contributed by atoms with E-state index in [2.05, 4.69) is 0 Å². The molecule has 0 spiro atoms. The van der Waals surface area contributed by atoms with Gasteiger partial charge in [0.25, 0.3) is 0 Å². The molecule has 0 amide bonds. The number of benzene rings is 2. The van der Waals surface area contributed by atoms with Gasteiger partial charge in [0.2, 0.25) is 6.29 Å². The molecule has 0 aliphatic carbocycles. The molecule has 2 aromatic carbocycles. The van der Waals surface area contributed by atoms with E-state index in [1.807, 2.05) is 0 Å². The Hall–Kier alpha value is -2.68. The summed E-state index contributed by atoms with van der Waals surface area (Å²) < 4.78 is 27.6. The fourth-order valence-corrected chi connectivity index (χ4v) is 4.96. The van der Waals surface area contributed by atoms with Crippen LogP contribution in [0.15, 0.2) is 36.4 Å². The highest BCUT2D eigenvalue weighted by molar-refractivity contribution is 5.43. The first-order valence-corrected chi connectivity index (χ1v) is 12.1. The summed E-state index contributed by atoms with van der Waals surface area (Å²) in [7, 11) is 2.86. The monoisotopic (exact) mass is 538 g/mol. The number of methoxy groups -OCH3 is 2. The molecule has 8 atom stereocenters. The molecule has 2 aromatic rings. The van der Waals surface area contributed by atoms with Gasteiger partial charge in [-0.05, 0) is 35.4 Å². The first-order valence-electron chi connectivity index (χ1n) is 12.1. The van der Waals surface area contributed by atoms with Crippen LogP contribution in [0.3, 0.4) is 0 Å². The van der Waals surface area contributed by atoms with E-state index in [1.54, 1.807) is 24.3 Å². The van der Waals surface area contributed by atoms with Crippen molar-refractivity contribution in [2.45, 2.75) is 48.8 Å². The normalized spacial score (nSPS) is 33.2. The van der Waals surface area contributed by atoms with Crippen molar-refractivity contribution < 1.29 is 59.4 Å². The lowest BCUT2D eigenvalue weighted by Crippen LogP contribution is -2.60. The van der Waals surface area contributed by atoms with Gasteiger partial charge in [-0.3, -0.25) is 0 Å². The number of hydrogen-bond donors (Lipinski definition) is 7. The number of phenols is 1. The third-order valence-electron chi connectivity index (χ3n) is 7.08. The highest BCUT2D eigenvalue weighted by atomic mass is 16.7. The highest BCUT2D eigenvalue weighted by Gasteiger charge is 2.49. The zero-order valence-electron chi connectivity index (χ0n) is 21.0. The fraction of sp³-hybridized carbons (Fsp3) is 0.538. The van der Waals surface area contributed by atoms with E-state index in [-0.39, 0.29) is 36.9 Å². The van der Waals surface area contributed by atoms with Gasteiger partial charge in [-0.25, -0.2) is 0 Å². The Kier molecular flexibility index (Phi) is 8.65. The average molecular weight is 539 g/mol. The number of rotatable bonds is 9. The van der Waals surface area contributed by atoms with E-state index in [0.29, 0.717) is 16.9 Å². The lowest BCUT2D eigenvalue weighted by atomic mass is 9.80. The van der Waals surface area contributed by atoms with Gasteiger partial charge in [0.1, 0.15) is 35.9 Å². The molecule has 2 aliphatic heterocycles. The Labute approximate surface area is 219 Å². The molecule has 38 heavy (non-hydrogen) atoms. The van der Waals surface area contributed by atoms with Gasteiger partial charge in [0.15, 0.2) is 11.5 Å². The molecule has 2 fully saturated rings. The van der Waals surface area contributed by atoms with Crippen molar-refractivity contribution in [2.24, 2.45) is 5.92 Å².